The summed E-state index contributed by atoms with van der Waals surface area (Å²) in [6.07, 6.45) is -3.50. The number of halogens is 1. The number of rotatable bonds is 6. The summed E-state index contributed by atoms with van der Waals surface area (Å²) in [4.78, 5) is 23.4. The van der Waals surface area contributed by atoms with Gasteiger partial charge in [0.25, 0.3) is 0 Å². The first-order valence-corrected chi connectivity index (χ1v) is 6.37. The van der Waals surface area contributed by atoms with Gasteiger partial charge in [-0.05, 0) is 0 Å². The van der Waals surface area contributed by atoms with Crippen LogP contribution in [0.3, 0.4) is 0 Å². The number of aliphatic hydroxyl groups is 3. The molecule has 1 rings (SSSR count). The highest BCUT2D eigenvalue weighted by atomic mass is 35.5. The molecular weight excluding hydrogens is 292 g/mol. The molecule has 0 aliphatic carbocycles. The summed E-state index contributed by atoms with van der Waals surface area (Å²) in [7, 11) is 1.40. The van der Waals surface area contributed by atoms with Crippen LogP contribution in [0.5, 0.6) is 0 Å². The molecule has 8 nitrogen and oxygen atoms in total. The molecule has 1 aliphatic heterocycles. The molecule has 4 N–H and O–H groups in total. The normalized spacial score (nSPS) is 30.1. The van der Waals surface area contributed by atoms with Gasteiger partial charge in [-0.25, -0.2) is 0 Å². The van der Waals surface area contributed by atoms with Gasteiger partial charge in [0.1, 0.15) is 18.3 Å². The van der Waals surface area contributed by atoms with Crippen LogP contribution >= 0.6 is 11.6 Å². The molecule has 1 aliphatic rings. The topological polar surface area (TPSA) is 119 Å². The monoisotopic (exact) mass is 308 g/mol. The average Bonchev–Trinajstić information content (AvgIpc) is 2.75. The smallest absolute Gasteiger partial charge is 0.249 e. The predicted octanol–water partition coefficient (Wildman–Crippen LogP) is -2.25. The molecule has 20 heavy (non-hydrogen) atoms. The Labute approximate surface area is 120 Å². The Hall–Kier alpha value is -1.19. The van der Waals surface area contributed by atoms with E-state index in [-0.39, 0.29) is 11.5 Å². The van der Waals surface area contributed by atoms with E-state index in [9.17, 15) is 19.8 Å². The third-order valence-corrected chi connectivity index (χ3v) is 3.19. The van der Waals surface area contributed by atoms with Crippen molar-refractivity contribution < 1.29 is 29.6 Å². The lowest BCUT2D eigenvalue weighted by Gasteiger charge is -2.24. The minimum atomic E-state index is -1.41. The van der Waals surface area contributed by atoms with E-state index in [0.29, 0.717) is 6.41 Å². The van der Waals surface area contributed by atoms with Gasteiger partial charge in [0.2, 0.25) is 12.3 Å². The van der Waals surface area contributed by atoms with E-state index >= 15 is 0 Å². The summed E-state index contributed by atoms with van der Waals surface area (Å²) in [5.41, 5.74) is 0.0824. The molecule has 0 aromatic carbocycles. The summed E-state index contributed by atoms with van der Waals surface area (Å²) in [5, 5.41) is 30.7. The fourth-order valence-corrected chi connectivity index (χ4v) is 1.97. The van der Waals surface area contributed by atoms with Crippen LogP contribution in [0, 0.1) is 0 Å². The molecule has 0 spiro atoms. The number of amides is 2. The van der Waals surface area contributed by atoms with Crippen molar-refractivity contribution in [3.63, 3.8) is 0 Å². The number of nitrogens with zero attached hydrogens (tertiary/aromatic N) is 1. The van der Waals surface area contributed by atoms with Gasteiger partial charge in [-0.1, -0.05) is 0 Å². The number of nitrogens with one attached hydrogen (secondary N) is 1. The van der Waals surface area contributed by atoms with Crippen molar-refractivity contribution in [1.29, 1.82) is 0 Å². The van der Waals surface area contributed by atoms with Crippen LogP contribution in [0.2, 0.25) is 0 Å². The van der Waals surface area contributed by atoms with E-state index in [1.165, 1.54) is 7.05 Å². The second-order valence-corrected chi connectivity index (χ2v) is 4.42. The number of hydrogen-bond acceptors (Lipinski definition) is 6. The van der Waals surface area contributed by atoms with E-state index in [0.717, 1.165) is 11.1 Å². The molecule has 4 unspecified atom stereocenters. The Balaban J connectivity index is 2.94. The summed E-state index contributed by atoms with van der Waals surface area (Å²) in [5.74, 6) is -0.641. The molecule has 1 fully saturated rings. The Morgan fingerprint density at radius 1 is 1.45 bits per heavy atom. The van der Waals surface area contributed by atoms with Crippen molar-refractivity contribution in [1.82, 2.24) is 10.2 Å². The van der Waals surface area contributed by atoms with Crippen molar-refractivity contribution in [3.05, 3.63) is 11.8 Å². The van der Waals surface area contributed by atoms with E-state index in [1.54, 1.807) is 0 Å². The number of carbonyl (C=O) groups excluding carboxylic acids is 2. The molecule has 0 saturated carbocycles. The molecular formula is C11H17ClN2O6. The highest BCUT2D eigenvalue weighted by Crippen LogP contribution is 2.24. The maximum absolute atomic E-state index is 11.5. The summed E-state index contributed by atoms with van der Waals surface area (Å²) in [6, 6.07) is 0. The Morgan fingerprint density at radius 3 is 2.50 bits per heavy atom. The van der Waals surface area contributed by atoms with Gasteiger partial charge in [-0.2, -0.15) is 0 Å². The molecule has 0 radical (unpaired) electrons. The summed E-state index contributed by atoms with van der Waals surface area (Å²) < 4.78 is 5.17. The van der Waals surface area contributed by atoms with Gasteiger partial charge in [0.15, 0.2) is 6.23 Å². The van der Waals surface area contributed by atoms with Crippen molar-refractivity contribution >= 4 is 23.9 Å². The lowest BCUT2D eigenvalue weighted by Crippen LogP contribution is -2.41. The predicted molar refractivity (Wildman–Crippen MR) is 68.5 cm³/mol. The maximum atomic E-state index is 11.5. The molecule has 2 amide bonds. The first-order chi connectivity index (χ1) is 9.49. The zero-order valence-corrected chi connectivity index (χ0v) is 11.5. The Kier molecular flexibility index (Phi) is 6.37. The number of likely N-dealkylation sites (N-methyl/N-ethyl adjacent to an activating group) is 1. The van der Waals surface area contributed by atoms with Crippen LogP contribution in [0.15, 0.2) is 11.8 Å². The van der Waals surface area contributed by atoms with E-state index in [2.05, 4.69) is 5.32 Å². The lowest BCUT2D eigenvalue weighted by atomic mass is 10.1. The fourth-order valence-electron chi connectivity index (χ4n) is 1.78. The molecule has 0 aromatic heterocycles. The second kappa shape index (κ2) is 7.55. The van der Waals surface area contributed by atoms with Crippen LogP contribution in [-0.2, 0) is 14.3 Å². The third-order valence-electron chi connectivity index (χ3n) is 2.90. The van der Waals surface area contributed by atoms with Gasteiger partial charge >= 0.3 is 0 Å². The lowest BCUT2D eigenvalue weighted by molar-refractivity contribution is -0.133. The van der Waals surface area contributed by atoms with E-state index in [4.69, 9.17) is 21.4 Å². The fraction of sp³-hybridized carbons (Fsp3) is 0.636. The van der Waals surface area contributed by atoms with Crippen LogP contribution in [0.25, 0.3) is 0 Å². The third kappa shape index (κ3) is 3.47. The van der Waals surface area contributed by atoms with Gasteiger partial charge < -0.3 is 25.4 Å². The minimum Gasteiger partial charge on any atom is -0.394 e. The standard InChI is InChI=1S/C11H17ClN2O6/c1-13-10(19)6(2-12)3-14(5-16)11-9(18)8(17)7(4-15)20-11/h3,5,7-9,11,15,17-18H,2,4H2,1H3,(H,13,19)/b6-3-. The van der Waals surface area contributed by atoms with Gasteiger partial charge in [0, 0.05) is 18.8 Å². The van der Waals surface area contributed by atoms with Crippen LogP contribution in [0.4, 0.5) is 0 Å². The number of alkyl halides is 1. The average molecular weight is 309 g/mol. The Bertz CT molecular complexity index is 391. The first kappa shape index (κ1) is 16.9. The van der Waals surface area contributed by atoms with Crippen molar-refractivity contribution in [2.45, 2.75) is 24.5 Å². The second-order valence-electron chi connectivity index (χ2n) is 4.15. The SMILES string of the molecule is CNC(=O)/C(=C\N(C=O)C1OC(CO)C(O)C1O)CCl. The number of aliphatic hydroxyl groups excluding tert-OH is 3. The quantitative estimate of drug-likeness (QED) is 0.250. The van der Waals surface area contributed by atoms with Crippen molar-refractivity contribution in [2.75, 3.05) is 19.5 Å². The molecule has 1 heterocycles. The van der Waals surface area contributed by atoms with Gasteiger partial charge in [-0.3, -0.25) is 14.5 Å². The van der Waals surface area contributed by atoms with E-state index < -0.39 is 37.1 Å². The molecule has 0 aromatic rings. The molecule has 9 heteroatoms. The van der Waals surface area contributed by atoms with Crippen LogP contribution in [0.1, 0.15) is 0 Å². The van der Waals surface area contributed by atoms with E-state index in [1.807, 2.05) is 0 Å². The van der Waals surface area contributed by atoms with Gasteiger partial charge in [-0.15, -0.1) is 11.6 Å². The zero-order valence-electron chi connectivity index (χ0n) is 10.8. The van der Waals surface area contributed by atoms with Crippen LogP contribution in [-0.4, -0.2) is 76.6 Å². The molecule has 0 bridgehead atoms. The molecule has 4 atom stereocenters. The Morgan fingerprint density at radius 2 is 2.10 bits per heavy atom. The largest absolute Gasteiger partial charge is 0.394 e. The van der Waals surface area contributed by atoms with Crippen molar-refractivity contribution in [2.24, 2.45) is 0 Å². The number of carbonyl (C=O) groups is 2. The zero-order chi connectivity index (χ0) is 15.3. The summed E-state index contributed by atoms with van der Waals surface area (Å²) >= 11 is 5.61. The summed E-state index contributed by atoms with van der Waals surface area (Å²) in [6.45, 7) is -0.511. The minimum absolute atomic E-state index is 0.0824. The highest BCUT2D eigenvalue weighted by molar-refractivity contribution is 6.22. The molecule has 1 saturated heterocycles. The number of hydrogen-bond donors (Lipinski definition) is 4. The number of ether oxygens (including phenoxy) is 1. The first-order valence-electron chi connectivity index (χ1n) is 5.84. The van der Waals surface area contributed by atoms with Crippen LogP contribution < -0.4 is 5.32 Å². The van der Waals surface area contributed by atoms with Gasteiger partial charge in [0.05, 0.1) is 12.5 Å². The molecule has 114 valence electrons. The van der Waals surface area contributed by atoms with Crippen molar-refractivity contribution in [3.8, 4) is 0 Å². The maximum Gasteiger partial charge on any atom is 0.249 e. The highest BCUT2D eigenvalue weighted by Gasteiger charge is 2.44.